The quantitative estimate of drug-likeness (QED) is 0.928. The van der Waals surface area contributed by atoms with E-state index in [9.17, 15) is 5.11 Å². The van der Waals surface area contributed by atoms with Gasteiger partial charge in [-0.1, -0.05) is 48.8 Å². The first-order chi connectivity index (χ1) is 9.66. The summed E-state index contributed by atoms with van der Waals surface area (Å²) in [6.07, 6.45) is 3.02. The van der Waals surface area contributed by atoms with E-state index in [-0.39, 0.29) is 5.25 Å². The van der Waals surface area contributed by atoms with Gasteiger partial charge in [0.15, 0.2) is 10.9 Å². The van der Waals surface area contributed by atoms with Gasteiger partial charge in [-0.05, 0) is 25.0 Å². The summed E-state index contributed by atoms with van der Waals surface area (Å²) < 4.78 is 0. The van der Waals surface area contributed by atoms with Gasteiger partial charge in [0.2, 0.25) is 0 Å². The second-order valence-corrected chi connectivity index (χ2v) is 6.90. The van der Waals surface area contributed by atoms with Gasteiger partial charge >= 0.3 is 0 Å². The second-order valence-electron chi connectivity index (χ2n) is 5.30. The number of benzene rings is 1. The molecule has 1 saturated heterocycles. The maximum atomic E-state index is 11.4. The molecule has 2 atom stereocenters. The van der Waals surface area contributed by atoms with Gasteiger partial charge in [0.25, 0.3) is 0 Å². The highest BCUT2D eigenvalue weighted by molar-refractivity contribution is 8.14. The SMILES string of the molecule is CCCC1SC2=NCCCN2C1(O)c1ccc(Cl)cc1. The van der Waals surface area contributed by atoms with Crippen molar-refractivity contribution in [1.29, 1.82) is 0 Å². The number of aliphatic hydroxyl groups is 1. The first-order valence-electron chi connectivity index (χ1n) is 7.13. The molecule has 0 aliphatic carbocycles. The van der Waals surface area contributed by atoms with Crippen molar-refractivity contribution in [3.05, 3.63) is 34.9 Å². The van der Waals surface area contributed by atoms with Crippen LogP contribution in [0, 0.1) is 0 Å². The molecule has 0 radical (unpaired) electrons. The molecule has 0 spiro atoms. The Labute approximate surface area is 129 Å². The number of nitrogens with zero attached hydrogens (tertiary/aromatic N) is 2. The van der Waals surface area contributed by atoms with E-state index >= 15 is 0 Å². The minimum absolute atomic E-state index is 0.130. The molecule has 1 aromatic carbocycles. The number of thioether (sulfide) groups is 1. The fourth-order valence-corrected chi connectivity index (χ4v) is 4.63. The van der Waals surface area contributed by atoms with Gasteiger partial charge < -0.3 is 10.0 Å². The van der Waals surface area contributed by atoms with Gasteiger partial charge in [0.1, 0.15) is 0 Å². The third kappa shape index (κ3) is 2.24. The number of rotatable bonds is 3. The van der Waals surface area contributed by atoms with Crippen molar-refractivity contribution >= 4 is 28.5 Å². The molecular weight excluding hydrogens is 292 g/mol. The summed E-state index contributed by atoms with van der Waals surface area (Å²) in [5.74, 6) is 0. The van der Waals surface area contributed by atoms with Crippen LogP contribution < -0.4 is 0 Å². The van der Waals surface area contributed by atoms with Gasteiger partial charge in [-0.25, -0.2) is 0 Å². The van der Waals surface area contributed by atoms with Crippen LogP contribution in [0.3, 0.4) is 0 Å². The van der Waals surface area contributed by atoms with Crippen LogP contribution in [-0.2, 0) is 5.72 Å². The Morgan fingerprint density at radius 3 is 2.90 bits per heavy atom. The predicted octanol–water partition coefficient (Wildman–Crippen LogP) is 3.46. The molecule has 1 aromatic rings. The molecule has 2 heterocycles. The lowest BCUT2D eigenvalue weighted by atomic mass is 9.94. The summed E-state index contributed by atoms with van der Waals surface area (Å²) in [5.41, 5.74) is -0.0372. The zero-order chi connectivity index (χ0) is 14.2. The smallest absolute Gasteiger partial charge is 0.178 e. The number of aliphatic imine (C=N–C) groups is 1. The lowest BCUT2D eigenvalue weighted by Gasteiger charge is -2.39. The number of fused-ring (bicyclic) bond motifs is 1. The van der Waals surface area contributed by atoms with Crippen LogP contribution in [0.4, 0.5) is 0 Å². The highest BCUT2D eigenvalue weighted by Crippen LogP contribution is 2.48. The van der Waals surface area contributed by atoms with Gasteiger partial charge in [-0.2, -0.15) is 0 Å². The Balaban J connectivity index is 2.03. The monoisotopic (exact) mass is 310 g/mol. The molecule has 0 amide bonds. The molecule has 0 bridgehead atoms. The summed E-state index contributed by atoms with van der Waals surface area (Å²) in [7, 11) is 0. The van der Waals surface area contributed by atoms with E-state index in [1.54, 1.807) is 11.8 Å². The van der Waals surface area contributed by atoms with E-state index < -0.39 is 5.72 Å². The van der Waals surface area contributed by atoms with Crippen molar-refractivity contribution < 1.29 is 5.11 Å². The summed E-state index contributed by atoms with van der Waals surface area (Å²) >= 11 is 7.69. The van der Waals surface area contributed by atoms with Gasteiger partial charge in [-0.15, -0.1) is 0 Å². The van der Waals surface area contributed by atoms with Gasteiger partial charge in [0.05, 0.1) is 5.25 Å². The Kier molecular flexibility index (Phi) is 3.98. The highest BCUT2D eigenvalue weighted by Gasteiger charge is 2.52. The van der Waals surface area contributed by atoms with E-state index in [0.717, 1.165) is 43.1 Å². The lowest BCUT2D eigenvalue weighted by Crippen LogP contribution is -2.50. The molecule has 1 fully saturated rings. The molecule has 5 heteroatoms. The van der Waals surface area contributed by atoms with Crippen LogP contribution in [0.2, 0.25) is 5.02 Å². The van der Waals surface area contributed by atoms with Crippen molar-refractivity contribution in [3.63, 3.8) is 0 Å². The van der Waals surface area contributed by atoms with Crippen LogP contribution >= 0.6 is 23.4 Å². The van der Waals surface area contributed by atoms with E-state index in [2.05, 4.69) is 16.8 Å². The summed E-state index contributed by atoms with van der Waals surface area (Å²) in [6, 6.07) is 7.56. The van der Waals surface area contributed by atoms with Crippen molar-refractivity contribution in [2.45, 2.75) is 37.2 Å². The summed E-state index contributed by atoms with van der Waals surface area (Å²) in [5, 5.41) is 13.2. The van der Waals surface area contributed by atoms with Gasteiger partial charge in [-0.3, -0.25) is 4.99 Å². The fraction of sp³-hybridized carbons (Fsp3) is 0.533. The molecule has 0 aromatic heterocycles. The van der Waals surface area contributed by atoms with Crippen LogP contribution in [0.15, 0.2) is 29.3 Å². The maximum absolute atomic E-state index is 11.4. The van der Waals surface area contributed by atoms with Crippen molar-refractivity contribution in [2.75, 3.05) is 13.1 Å². The van der Waals surface area contributed by atoms with Crippen molar-refractivity contribution in [3.8, 4) is 0 Å². The molecule has 3 rings (SSSR count). The largest absolute Gasteiger partial charge is 0.366 e. The standard InChI is InChI=1S/C15H19ClN2OS/c1-2-4-13-15(19,11-5-7-12(16)8-6-11)18-10-3-9-17-14(18)20-13/h5-8,13,19H,2-4,9-10H2,1H3. The van der Waals surface area contributed by atoms with Crippen LogP contribution in [0.5, 0.6) is 0 Å². The Hall–Kier alpha value is -0.710. The zero-order valence-corrected chi connectivity index (χ0v) is 13.1. The maximum Gasteiger partial charge on any atom is 0.178 e. The average Bonchev–Trinajstić information content (AvgIpc) is 2.75. The zero-order valence-electron chi connectivity index (χ0n) is 11.6. The minimum Gasteiger partial charge on any atom is -0.366 e. The van der Waals surface area contributed by atoms with Crippen LogP contribution in [0.25, 0.3) is 0 Å². The topological polar surface area (TPSA) is 35.8 Å². The molecule has 1 N–H and O–H groups in total. The molecule has 3 nitrogen and oxygen atoms in total. The molecule has 108 valence electrons. The van der Waals surface area contributed by atoms with E-state index in [1.165, 1.54) is 0 Å². The van der Waals surface area contributed by atoms with Crippen LogP contribution in [0.1, 0.15) is 31.7 Å². The molecule has 2 aliphatic rings. The third-order valence-electron chi connectivity index (χ3n) is 3.95. The Morgan fingerprint density at radius 1 is 1.45 bits per heavy atom. The Bertz CT molecular complexity index is 519. The first kappa shape index (κ1) is 14.2. The van der Waals surface area contributed by atoms with Crippen molar-refractivity contribution in [1.82, 2.24) is 4.90 Å². The third-order valence-corrected chi connectivity index (χ3v) is 5.61. The van der Waals surface area contributed by atoms with Crippen LogP contribution in [-0.4, -0.2) is 33.5 Å². The minimum atomic E-state index is -0.954. The summed E-state index contributed by atoms with van der Waals surface area (Å²) in [6.45, 7) is 3.89. The molecular formula is C15H19ClN2OS. The first-order valence-corrected chi connectivity index (χ1v) is 8.39. The van der Waals surface area contributed by atoms with Crippen molar-refractivity contribution in [2.24, 2.45) is 4.99 Å². The molecule has 2 aliphatic heterocycles. The highest BCUT2D eigenvalue weighted by atomic mass is 35.5. The van der Waals surface area contributed by atoms with E-state index in [4.69, 9.17) is 11.6 Å². The van der Waals surface area contributed by atoms with E-state index in [0.29, 0.717) is 5.02 Å². The second kappa shape index (κ2) is 5.58. The Morgan fingerprint density at radius 2 is 2.20 bits per heavy atom. The molecule has 0 saturated carbocycles. The number of halogens is 1. The number of hydrogen-bond acceptors (Lipinski definition) is 4. The predicted molar refractivity (Wildman–Crippen MR) is 85.3 cm³/mol. The number of amidine groups is 1. The summed E-state index contributed by atoms with van der Waals surface area (Å²) in [4.78, 5) is 6.66. The normalized spacial score (nSPS) is 29.2. The number of hydrogen-bond donors (Lipinski definition) is 1. The average molecular weight is 311 g/mol. The molecule has 2 unspecified atom stereocenters. The fourth-order valence-electron chi connectivity index (χ4n) is 2.94. The lowest BCUT2D eigenvalue weighted by molar-refractivity contribution is -0.0736. The van der Waals surface area contributed by atoms with E-state index in [1.807, 2.05) is 24.3 Å². The molecule has 20 heavy (non-hydrogen) atoms. The van der Waals surface area contributed by atoms with Gasteiger partial charge in [0, 0.05) is 23.7 Å².